The molecule has 1 atom stereocenters. The second kappa shape index (κ2) is 10.2. The Labute approximate surface area is 176 Å². The summed E-state index contributed by atoms with van der Waals surface area (Å²) < 4.78 is 0. The van der Waals surface area contributed by atoms with Crippen LogP contribution in [0.5, 0.6) is 0 Å². The molecule has 0 fully saturated rings. The number of aryl methyl sites for hydroxylation is 1. The number of nitrogens with one attached hydrogen (secondary N) is 2. The molecule has 0 aliphatic carbocycles. The Morgan fingerprint density at radius 1 is 1.10 bits per heavy atom. The van der Waals surface area contributed by atoms with Gasteiger partial charge in [0.15, 0.2) is 5.16 Å². The Kier molecular flexibility index (Phi) is 7.43. The van der Waals surface area contributed by atoms with Crippen LogP contribution in [0.2, 0.25) is 0 Å². The van der Waals surface area contributed by atoms with Gasteiger partial charge in [0.05, 0.1) is 6.04 Å². The molecule has 0 saturated heterocycles. The minimum absolute atomic E-state index is 0.0588. The standard InChI is InChI=1S/C22H27N5OS/c1-4-16-5-9-18(10-6-16)20(27(2)3)13-23-21(28)19-11-7-17(8-12-19)14-29-22-24-15-25-26-22/h5-12,15,20H,4,13-14H2,1-3H3,(H,23,28)(H,24,25,26). The molecule has 1 heterocycles. The number of hydrogen-bond donors (Lipinski definition) is 2. The van der Waals surface area contributed by atoms with Gasteiger partial charge in [0.25, 0.3) is 5.91 Å². The summed E-state index contributed by atoms with van der Waals surface area (Å²) in [5.74, 6) is 0.713. The zero-order chi connectivity index (χ0) is 20.6. The Morgan fingerprint density at radius 2 is 1.79 bits per heavy atom. The summed E-state index contributed by atoms with van der Waals surface area (Å²) in [6.07, 6.45) is 2.52. The van der Waals surface area contributed by atoms with Crippen LogP contribution >= 0.6 is 11.8 Å². The molecule has 2 N–H and O–H groups in total. The van der Waals surface area contributed by atoms with Gasteiger partial charge >= 0.3 is 0 Å². The predicted octanol–water partition coefficient (Wildman–Crippen LogP) is 3.69. The highest BCUT2D eigenvalue weighted by atomic mass is 32.2. The van der Waals surface area contributed by atoms with Gasteiger partial charge in [-0.15, -0.1) is 0 Å². The second-order valence-electron chi connectivity index (χ2n) is 7.06. The van der Waals surface area contributed by atoms with Gasteiger partial charge in [0.2, 0.25) is 0 Å². The number of nitrogens with zero attached hydrogens (tertiary/aromatic N) is 3. The van der Waals surface area contributed by atoms with Crippen LogP contribution in [0.3, 0.4) is 0 Å². The number of carbonyl (C=O) groups is 1. The number of hydrogen-bond acceptors (Lipinski definition) is 5. The van der Waals surface area contributed by atoms with Gasteiger partial charge < -0.3 is 10.2 Å². The van der Waals surface area contributed by atoms with E-state index in [-0.39, 0.29) is 11.9 Å². The van der Waals surface area contributed by atoms with Gasteiger partial charge in [-0.1, -0.05) is 55.1 Å². The first-order valence-electron chi connectivity index (χ1n) is 9.67. The number of thioether (sulfide) groups is 1. The molecule has 0 spiro atoms. The molecule has 2 aromatic carbocycles. The van der Waals surface area contributed by atoms with E-state index in [2.05, 4.69) is 56.6 Å². The summed E-state index contributed by atoms with van der Waals surface area (Å²) in [6, 6.07) is 16.4. The Morgan fingerprint density at radius 3 is 2.38 bits per heavy atom. The maximum absolute atomic E-state index is 12.6. The minimum atomic E-state index is -0.0588. The molecule has 1 amide bonds. The van der Waals surface area contributed by atoms with Crippen LogP contribution in [0.1, 0.15) is 40.0 Å². The lowest BCUT2D eigenvalue weighted by molar-refractivity contribution is 0.0942. The van der Waals surface area contributed by atoms with E-state index in [1.165, 1.54) is 17.5 Å². The fraction of sp³-hybridized carbons (Fsp3) is 0.318. The summed E-state index contributed by atoms with van der Waals surface area (Å²) in [5, 5.41) is 10.5. The molecule has 7 heteroatoms. The first-order chi connectivity index (χ1) is 14.1. The molecule has 0 aliphatic rings. The molecule has 3 rings (SSSR count). The quantitative estimate of drug-likeness (QED) is 0.527. The molecule has 3 aromatic rings. The van der Waals surface area contributed by atoms with E-state index in [0.29, 0.717) is 12.1 Å². The van der Waals surface area contributed by atoms with Crippen molar-refractivity contribution >= 4 is 17.7 Å². The molecule has 0 radical (unpaired) electrons. The summed E-state index contributed by atoms with van der Waals surface area (Å²) in [4.78, 5) is 18.8. The SMILES string of the molecule is CCc1ccc(C(CNC(=O)c2ccc(CSc3ncn[nH]3)cc2)N(C)C)cc1. The van der Waals surface area contributed by atoms with E-state index < -0.39 is 0 Å². The van der Waals surface area contributed by atoms with Crippen LogP contribution in [0.25, 0.3) is 0 Å². The van der Waals surface area contributed by atoms with Crippen molar-refractivity contribution < 1.29 is 4.79 Å². The third-order valence-electron chi connectivity index (χ3n) is 4.84. The van der Waals surface area contributed by atoms with E-state index in [9.17, 15) is 4.79 Å². The number of amides is 1. The van der Waals surface area contributed by atoms with Gasteiger partial charge in [-0.2, -0.15) is 5.10 Å². The molecule has 1 aromatic heterocycles. The van der Waals surface area contributed by atoms with Crippen molar-refractivity contribution in [2.75, 3.05) is 20.6 Å². The Balaban J connectivity index is 1.56. The molecular formula is C22H27N5OS. The number of H-pyrrole nitrogens is 1. The van der Waals surface area contributed by atoms with E-state index in [4.69, 9.17) is 0 Å². The van der Waals surface area contributed by atoms with Gasteiger partial charge in [0.1, 0.15) is 6.33 Å². The number of benzene rings is 2. The average Bonchev–Trinajstić information content (AvgIpc) is 3.26. The van der Waals surface area contributed by atoms with Gasteiger partial charge in [-0.3, -0.25) is 9.89 Å². The Bertz CT molecular complexity index is 892. The number of rotatable bonds is 9. The molecular weight excluding hydrogens is 382 g/mol. The zero-order valence-electron chi connectivity index (χ0n) is 17.1. The van der Waals surface area contributed by atoms with Crippen LogP contribution in [0.4, 0.5) is 0 Å². The average molecular weight is 410 g/mol. The third kappa shape index (κ3) is 5.92. The van der Waals surface area contributed by atoms with Crippen LogP contribution in [0.15, 0.2) is 60.0 Å². The lowest BCUT2D eigenvalue weighted by Gasteiger charge is -2.25. The van der Waals surface area contributed by atoms with Crippen molar-refractivity contribution in [2.45, 2.75) is 30.3 Å². The van der Waals surface area contributed by atoms with E-state index in [1.807, 2.05) is 38.4 Å². The van der Waals surface area contributed by atoms with Crippen molar-refractivity contribution in [3.8, 4) is 0 Å². The smallest absolute Gasteiger partial charge is 0.251 e. The number of likely N-dealkylation sites (N-methyl/N-ethyl adjacent to an activating group) is 1. The van der Waals surface area contributed by atoms with Crippen LogP contribution in [0, 0.1) is 0 Å². The summed E-state index contributed by atoms with van der Waals surface area (Å²) in [5.41, 5.74) is 4.31. The molecule has 152 valence electrons. The van der Waals surface area contributed by atoms with Crippen molar-refractivity contribution in [2.24, 2.45) is 0 Å². The maximum atomic E-state index is 12.6. The molecule has 1 unspecified atom stereocenters. The number of carbonyl (C=O) groups excluding carboxylic acids is 1. The first-order valence-corrected chi connectivity index (χ1v) is 10.7. The summed E-state index contributed by atoms with van der Waals surface area (Å²) in [6.45, 7) is 2.71. The molecule has 0 saturated carbocycles. The highest BCUT2D eigenvalue weighted by Crippen LogP contribution is 2.20. The highest BCUT2D eigenvalue weighted by molar-refractivity contribution is 7.98. The van der Waals surface area contributed by atoms with Crippen LogP contribution in [-0.4, -0.2) is 46.6 Å². The summed E-state index contributed by atoms with van der Waals surface area (Å²) >= 11 is 1.58. The second-order valence-corrected chi connectivity index (χ2v) is 8.02. The number of aromatic nitrogens is 3. The lowest BCUT2D eigenvalue weighted by Crippen LogP contribution is -2.34. The van der Waals surface area contributed by atoms with E-state index >= 15 is 0 Å². The molecule has 6 nitrogen and oxygen atoms in total. The largest absolute Gasteiger partial charge is 0.350 e. The molecule has 0 bridgehead atoms. The topological polar surface area (TPSA) is 73.9 Å². The van der Waals surface area contributed by atoms with Crippen molar-refractivity contribution in [1.82, 2.24) is 25.4 Å². The summed E-state index contributed by atoms with van der Waals surface area (Å²) in [7, 11) is 4.07. The van der Waals surface area contributed by atoms with Crippen LogP contribution in [-0.2, 0) is 12.2 Å². The highest BCUT2D eigenvalue weighted by Gasteiger charge is 2.16. The molecule has 0 aliphatic heterocycles. The predicted molar refractivity (Wildman–Crippen MR) is 117 cm³/mol. The lowest BCUT2D eigenvalue weighted by atomic mass is 10.0. The fourth-order valence-electron chi connectivity index (χ4n) is 3.03. The van der Waals surface area contributed by atoms with Crippen molar-refractivity contribution in [1.29, 1.82) is 0 Å². The van der Waals surface area contributed by atoms with Gasteiger partial charge in [-0.05, 0) is 49.3 Å². The van der Waals surface area contributed by atoms with Gasteiger partial charge in [0, 0.05) is 17.9 Å². The van der Waals surface area contributed by atoms with E-state index in [0.717, 1.165) is 22.9 Å². The monoisotopic (exact) mass is 409 g/mol. The van der Waals surface area contributed by atoms with E-state index in [1.54, 1.807) is 11.8 Å². The Hall–Kier alpha value is -2.64. The molecule has 29 heavy (non-hydrogen) atoms. The van der Waals surface area contributed by atoms with Crippen molar-refractivity contribution in [3.63, 3.8) is 0 Å². The van der Waals surface area contributed by atoms with Gasteiger partial charge in [-0.25, -0.2) is 4.98 Å². The van der Waals surface area contributed by atoms with Crippen LogP contribution < -0.4 is 5.32 Å². The fourth-order valence-corrected chi connectivity index (χ4v) is 3.77. The zero-order valence-corrected chi connectivity index (χ0v) is 17.9. The number of aromatic amines is 1. The normalized spacial score (nSPS) is 12.1. The maximum Gasteiger partial charge on any atom is 0.251 e. The van der Waals surface area contributed by atoms with Crippen molar-refractivity contribution in [3.05, 3.63) is 77.1 Å². The first kappa shape index (κ1) is 21.1. The minimum Gasteiger partial charge on any atom is -0.350 e. The third-order valence-corrected chi connectivity index (χ3v) is 5.78.